The molecule has 0 saturated carbocycles. The highest BCUT2D eigenvalue weighted by molar-refractivity contribution is 5.28. The van der Waals surface area contributed by atoms with E-state index in [1.54, 1.807) is 0 Å². The highest BCUT2D eigenvalue weighted by atomic mass is 14.9. The van der Waals surface area contributed by atoms with Crippen molar-refractivity contribution in [3.63, 3.8) is 0 Å². The molecule has 1 N–H and O–H groups in total. The number of hydrogen-bond donors (Lipinski definition) is 1. The minimum atomic E-state index is 0.466. The molecule has 1 atom stereocenters. The van der Waals surface area contributed by atoms with E-state index in [2.05, 4.69) is 57.3 Å². The van der Waals surface area contributed by atoms with Gasteiger partial charge in [-0.05, 0) is 50.3 Å². The Morgan fingerprint density at radius 2 is 1.81 bits per heavy atom. The molecule has 0 fully saturated rings. The van der Waals surface area contributed by atoms with Gasteiger partial charge < -0.3 is 5.32 Å². The molecule has 0 heterocycles. The number of nitrogens with one attached hydrogen (secondary N) is 1. The van der Waals surface area contributed by atoms with E-state index in [0.717, 1.165) is 12.5 Å². The Kier molecular flexibility index (Phi) is 5.54. The Morgan fingerprint density at radius 3 is 2.44 bits per heavy atom. The van der Waals surface area contributed by atoms with Gasteiger partial charge in [0, 0.05) is 6.04 Å². The average Bonchev–Trinajstić information content (AvgIpc) is 2.24. The maximum absolute atomic E-state index is 3.60. The molecular formula is C15H25N. The summed E-state index contributed by atoms with van der Waals surface area (Å²) in [6.07, 6.45) is 2.58. The van der Waals surface area contributed by atoms with Crippen LogP contribution in [0.15, 0.2) is 24.3 Å². The molecule has 16 heavy (non-hydrogen) atoms. The maximum Gasteiger partial charge on any atom is 0.0294 e. The molecule has 0 saturated heterocycles. The lowest BCUT2D eigenvalue weighted by molar-refractivity contribution is 0.497. The molecule has 1 rings (SSSR count). The zero-order valence-electron chi connectivity index (χ0n) is 11.1. The lowest BCUT2D eigenvalue weighted by atomic mass is 10.0. The first-order valence-electron chi connectivity index (χ1n) is 6.40. The first-order chi connectivity index (χ1) is 7.61. The van der Waals surface area contributed by atoms with E-state index in [9.17, 15) is 0 Å². The van der Waals surface area contributed by atoms with Crippen LogP contribution in [0.5, 0.6) is 0 Å². The topological polar surface area (TPSA) is 12.0 Å². The van der Waals surface area contributed by atoms with Crippen molar-refractivity contribution in [2.75, 3.05) is 6.54 Å². The van der Waals surface area contributed by atoms with E-state index in [1.165, 1.54) is 24.0 Å². The summed E-state index contributed by atoms with van der Waals surface area (Å²) < 4.78 is 0. The Bertz CT molecular complexity index is 304. The van der Waals surface area contributed by atoms with Crippen molar-refractivity contribution in [2.45, 2.75) is 46.6 Å². The van der Waals surface area contributed by atoms with Crippen LogP contribution in [0.1, 0.15) is 50.8 Å². The van der Waals surface area contributed by atoms with Crippen molar-refractivity contribution in [2.24, 2.45) is 5.92 Å². The fourth-order valence-corrected chi connectivity index (χ4v) is 2.01. The van der Waals surface area contributed by atoms with E-state index in [1.807, 2.05) is 0 Å². The first-order valence-corrected chi connectivity index (χ1v) is 6.40. The second-order valence-corrected chi connectivity index (χ2v) is 5.07. The number of rotatable bonds is 6. The van der Waals surface area contributed by atoms with Crippen LogP contribution >= 0.6 is 0 Å². The quantitative estimate of drug-likeness (QED) is 0.711. The Labute approximate surface area is 100 Å². The lowest BCUT2D eigenvalue weighted by Crippen LogP contribution is -2.20. The van der Waals surface area contributed by atoms with Crippen molar-refractivity contribution in [3.05, 3.63) is 35.4 Å². The predicted octanol–water partition coefficient (Wildman–Crippen LogP) is 4.08. The predicted molar refractivity (Wildman–Crippen MR) is 71.7 cm³/mol. The van der Waals surface area contributed by atoms with Gasteiger partial charge in [-0.1, -0.05) is 38.1 Å². The second kappa shape index (κ2) is 6.70. The van der Waals surface area contributed by atoms with Gasteiger partial charge in [0.05, 0.1) is 0 Å². The average molecular weight is 219 g/mol. The molecule has 0 amide bonds. The normalized spacial score (nSPS) is 13.1. The molecule has 1 heteroatoms. The third kappa shape index (κ3) is 4.36. The minimum Gasteiger partial charge on any atom is -0.310 e. The highest BCUT2D eigenvalue weighted by Gasteiger charge is 2.06. The van der Waals surface area contributed by atoms with Gasteiger partial charge in [0.2, 0.25) is 0 Å². The van der Waals surface area contributed by atoms with Crippen molar-refractivity contribution < 1.29 is 0 Å². The molecule has 90 valence electrons. The third-order valence-electron chi connectivity index (χ3n) is 3.06. The van der Waals surface area contributed by atoms with Crippen molar-refractivity contribution >= 4 is 0 Å². The van der Waals surface area contributed by atoms with Gasteiger partial charge in [-0.3, -0.25) is 0 Å². The Hall–Kier alpha value is -0.820. The second-order valence-electron chi connectivity index (χ2n) is 5.07. The zero-order chi connectivity index (χ0) is 12.0. The molecule has 0 aliphatic heterocycles. The largest absolute Gasteiger partial charge is 0.310 e. The van der Waals surface area contributed by atoms with Gasteiger partial charge in [-0.2, -0.15) is 0 Å². The van der Waals surface area contributed by atoms with Crippen LogP contribution in [0.25, 0.3) is 0 Å². The minimum absolute atomic E-state index is 0.466. The fraction of sp³-hybridized carbons (Fsp3) is 0.600. The van der Waals surface area contributed by atoms with Crippen LogP contribution in [0.3, 0.4) is 0 Å². The summed E-state index contributed by atoms with van der Waals surface area (Å²) in [6, 6.07) is 9.09. The summed E-state index contributed by atoms with van der Waals surface area (Å²) in [5.74, 6) is 0.815. The van der Waals surface area contributed by atoms with Crippen molar-refractivity contribution in [3.8, 4) is 0 Å². The molecule has 1 aromatic rings. The first kappa shape index (κ1) is 13.2. The van der Waals surface area contributed by atoms with Crippen LogP contribution in [-0.2, 0) is 0 Å². The van der Waals surface area contributed by atoms with E-state index in [0.29, 0.717) is 6.04 Å². The van der Waals surface area contributed by atoms with Crippen LogP contribution in [0.2, 0.25) is 0 Å². The van der Waals surface area contributed by atoms with E-state index in [4.69, 9.17) is 0 Å². The SMILES string of the molecule is Cc1ccccc1[C@H](C)NCCCC(C)C. The van der Waals surface area contributed by atoms with Gasteiger partial charge in [0.15, 0.2) is 0 Å². The molecule has 0 bridgehead atoms. The molecule has 1 aromatic carbocycles. The third-order valence-corrected chi connectivity index (χ3v) is 3.06. The summed E-state index contributed by atoms with van der Waals surface area (Å²) in [4.78, 5) is 0. The molecule has 0 unspecified atom stereocenters. The van der Waals surface area contributed by atoms with Gasteiger partial charge >= 0.3 is 0 Å². The zero-order valence-corrected chi connectivity index (χ0v) is 11.1. The molecule has 0 radical (unpaired) electrons. The molecule has 1 nitrogen and oxygen atoms in total. The maximum atomic E-state index is 3.60. The summed E-state index contributed by atoms with van der Waals surface area (Å²) in [5, 5.41) is 3.60. The number of hydrogen-bond acceptors (Lipinski definition) is 1. The van der Waals surface area contributed by atoms with Crippen LogP contribution in [0, 0.1) is 12.8 Å². The standard InChI is InChI=1S/C15H25N/c1-12(2)8-7-11-16-14(4)15-10-6-5-9-13(15)3/h5-6,9-10,12,14,16H,7-8,11H2,1-4H3/t14-/m0/s1. The summed E-state index contributed by atoms with van der Waals surface area (Å²) in [7, 11) is 0. The number of benzene rings is 1. The lowest BCUT2D eigenvalue weighted by Gasteiger charge is -2.16. The van der Waals surface area contributed by atoms with Gasteiger partial charge in [0.25, 0.3) is 0 Å². The summed E-state index contributed by atoms with van der Waals surface area (Å²) in [5.41, 5.74) is 2.80. The van der Waals surface area contributed by atoms with Crippen LogP contribution in [0.4, 0.5) is 0 Å². The molecule has 0 spiro atoms. The van der Waals surface area contributed by atoms with Crippen LogP contribution < -0.4 is 5.32 Å². The smallest absolute Gasteiger partial charge is 0.0294 e. The number of aryl methyl sites for hydroxylation is 1. The molecule has 0 aliphatic carbocycles. The van der Waals surface area contributed by atoms with E-state index >= 15 is 0 Å². The molecule has 0 aliphatic rings. The summed E-state index contributed by atoms with van der Waals surface area (Å²) in [6.45, 7) is 10.1. The van der Waals surface area contributed by atoms with Gasteiger partial charge in [0.1, 0.15) is 0 Å². The molecule has 0 aromatic heterocycles. The van der Waals surface area contributed by atoms with E-state index in [-0.39, 0.29) is 0 Å². The Balaban J connectivity index is 2.35. The summed E-state index contributed by atoms with van der Waals surface area (Å²) >= 11 is 0. The van der Waals surface area contributed by atoms with Crippen molar-refractivity contribution in [1.29, 1.82) is 0 Å². The van der Waals surface area contributed by atoms with Crippen LogP contribution in [-0.4, -0.2) is 6.54 Å². The van der Waals surface area contributed by atoms with E-state index < -0.39 is 0 Å². The Morgan fingerprint density at radius 1 is 1.12 bits per heavy atom. The fourth-order valence-electron chi connectivity index (χ4n) is 2.01. The van der Waals surface area contributed by atoms with Gasteiger partial charge in [-0.25, -0.2) is 0 Å². The highest BCUT2D eigenvalue weighted by Crippen LogP contribution is 2.16. The monoisotopic (exact) mass is 219 g/mol. The van der Waals surface area contributed by atoms with Gasteiger partial charge in [-0.15, -0.1) is 0 Å². The van der Waals surface area contributed by atoms with Crippen molar-refractivity contribution in [1.82, 2.24) is 5.32 Å². The molecular weight excluding hydrogens is 194 g/mol.